The van der Waals surface area contributed by atoms with Crippen molar-refractivity contribution >= 4 is 22.7 Å². The summed E-state index contributed by atoms with van der Waals surface area (Å²) in [7, 11) is 0. The summed E-state index contributed by atoms with van der Waals surface area (Å²) in [5.74, 6) is -0.269. The quantitative estimate of drug-likeness (QED) is 0.669. The van der Waals surface area contributed by atoms with Gasteiger partial charge in [-0.25, -0.2) is 9.37 Å². The van der Waals surface area contributed by atoms with E-state index in [9.17, 15) is 4.39 Å². The molecule has 2 rings (SSSR count). The zero-order chi connectivity index (χ0) is 12.3. The molecule has 0 radical (unpaired) electrons. The Morgan fingerprint density at radius 3 is 2.88 bits per heavy atom. The van der Waals surface area contributed by atoms with E-state index < -0.39 is 0 Å². The molecule has 2 aromatic rings. The molecule has 0 saturated carbocycles. The molecule has 1 aromatic carbocycles. The summed E-state index contributed by atoms with van der Waals surface area (Å²) in [6.45, 7) is 3.96. The van der Waals surface area contributed by atoms with Gasteiger partial charge in [-0.2, -0.15) is 5.10 Å². The second-order valence-electron chi connectivity index (χ2n) is 3.59. The first-order chi connectivity index (χ1) is 8.15. The minimum atomic E-state index is -0.269. The lowest BCUT2D eigenvalue weighted by Gasteiger charge is -1.94. The number of nitrogens with zero attached hydrogens (tertiary/aromatic N) is 2. The van der Waals surface area contributed by atoms with Crippen LogP contribution >= 0.6 is 11.3 Å². The van der Waals surface area contributed by atoms with Gasteiger partial charge in [0.15, 0.2) is 0 Å². The van der Waals surface area contributed by atoms with Gasteiger partial charge in [0, 0.05) is 4.88 Å². The van der Waals surface area contributed by atoms with Gasteiger partial charge in [0.1, 0.15) is 5.82 Å². The standard InChI is InChI=1S/C12H12FN3S/c1-8-9(2)17-12(15-8)16-14-7-10-4-3-5-11(13)6-10/h3-7H,1-2H3,(H,15,16)/b14-7-. The second kappa shape index (κ2) is 5.05. The molecule has 1 aromatic heterocycles. The van der Waals surface area contributed by atoms with Crippen LogP contribution in [0, 0.1) is 19.7 Å². The first-order valence-corrected chi connectivity index (χ1v) is 5.95. The number of benzene rings is 1. The Morgan fingerprint density at radius 1 is 1.41 bits per heavy atom. The predicted molar refractivity (Wildman–Crippen MR) is 69.2 cm³/mol. The van der Waals surface area contributed by atoms with Crippen LogP contribution in [0.1, 0.15) is 16.1 Å². The van der Waals surface area contributed by atoms with Crippen LogP contribution in [-0.4, -0.2) is 11.2 Å². The van der Waals surface area contributed by atoms with E-state index in [1.54, 1.807) is 29.7 Å². The third-order valence-corrected chi connectivity index (χ3v) is 3.23. The molecule has 0 aliphatic rings. The second-order valence-corrected chi connectivity index (χ2v) is 4.79. The van der Waals surface area contributed by atoms with Gasteiger partial charge in [-0.1, -0.05) is 12.1 Å². The third kappa shape index (κ3) is 3.10. The molecule has 1 N–H and O–H groups in total. The van der Waals surface area contributed by atoms with Gasteiger partial charge in [-0.05, 0) is 31.5 Å². The molecule has 0 unspecified atom stereocenters. The average Bonchev–Trinajstić information content (AvgIpc) is 2.58. The maximum Gasteiger partial charge on any atom is 0.203 e. The summed E-state index contributed by atoms with van der Waals surface area (Å²) in [5.41, 5.74) is 4.54. The smallest absolute Gasteiger partial charge is 0.203 e. The Hall–Kier alpha value is -1.75. The number of hydrazone groups is 1. The van der Waals surface area contributed by atoms with Crippen LogP contribution in [0.3, 0.4) is 0 Å². The van der Waals surface area contributed by atoms with Gasteiger partial charge in [-0.15, -0.1) is 11.3 Å². The predicted octanol–water partition coefficient (Wildman–Crippen LogP) is 3.35. The number of hydrogen-bond donors (Lipinski definition) is 1. The molecule has 0 atom stereocenters. The van der Waals surface area contributed by atoms with Crippen molar-refractivity contribution < 1.29 is 4.39 Å². The SMILES string of the molecule is Cc1nc(N/N=C\c2cccc(F)c2)sc1C. The van der Waals surface area contributed by atoms with Crippen molar-refractivity contribution in [2.75, 3.05) is 5.43 Å². The normalized spacial score (nSPS) is 11.0. The first-order valence-electron chi connectivity index (χ1n) is 5.14. The summed E-state index contributed by atoms with van der Waals surface area (Å²) < 4.78 is 12.9. The lowest BCUT2D eigenvalue weighted by molar-refractivity contribution is 0.627. The van der Waals surface area contributed by atoms with Crippen molar-refractivity contribution in [2.24, 2.45) is 5.10 Å². The molecule has 0 saturated heterocycles. The summed E-state index contributed by atoms with van der Waals surface area (Å²) in [5, 5.41) is 4.76. The van der Waals surface area contributed by atoms with E-state index >= 15 is 0 Å². The number of aromatic nitrogens is 1. The van der Waals surface area contributed by atoms with E-state index in [4.69, 9.17) is 0 Å². The van der Waals surface area contributed by atoms with Gasteiger partial charge in [0.2, 0.25) is 5.13 Å². The summed E-state index contributed by atoms with van der Waals surface area (Å²) in [6.07, 6.45) is 1.56. The lowest BCUT2D eigenvalue weighted by Crippen LogP contribution is -1.90. The topological polar surface area (TPSA) is 37.3 Å². The van der Waals surface area contributed by atoms with Gasteiger partial charge >= 0.3 is 0 Å². The number of hydrogen-bond acceptors (Lipinski definition) is 4. The Bertz CT molecular complexity index is 529. The van der Waals surface area contributed by atoms with Gasteiger partial charge in [0.05, 0.1) is 11.9 Å². The minimum absolute atomic E-state index is 0.269. The Kier molecular flexibility index (Phi) is 3.49. The highest BCUT2D eigenvalue weighted by atomic mass is 32.1. The molecule has 1 heterocycles. The summed E-state index contributed by atoms with van der Waals surface area (Å²) in [6, 6.07) is 6.25. The molecule has 0 spiro atoms. The molecule has 88 valence electrons. The van der Waals surface area contributed by atoms with Crippen molar-refractivity contribution in [1.82, 2.24) is 4.98 Å². The first kappa shape index (κ1) is 11.7. The fourth-order valence-corrected chi connectivity index (χ4v) is 2.03. The molecule has 3 nitrogen and oxygen atoms in total. The van der Waals surface area contributed by atoms with Crippen molar-refractivity contribution in [1.29, 1.82) is 0 Å². The maximum atomic E-state index is 12.9. The Morgan fingerprint density at radius 2 is 2.24 bits per heavy atom. The van der Waals surface area contributed by atoms with E-state index in [0.717, 1.165) is 15.7 Å². The van der Waals surface area contributed by atoms with Gasteiger partial charge in [0.25, 0.3) is 0 Å². The van der Waals surface area contributed by atoms with Crippen LogP contribution in [0.5, 0.6) is 0 Å². The third-order valence-electron chi connectivity index (χ3n) is 2.25. The van der Waals surface area contributed by atoms with Crippen LogP contribution < -0.4 is 5.43 Å². The number of thiazole rings is 1. The maximum absolute atomic E-state index is 12.9. The molecule has 5 heteroatoms. The summed E-state index contributed by atoms with van der Waals surface area (Å²) >= 11 is 1.54. The molecule has 0 amide bonds. The van der Waals surface area contributed by atoms with Crippen molar-refractivity contribution in [3.05, 3.63) is 46.2 Å². The van der Waals surface area contributed by atoms with Gasteiger partial charge < -0.3 is 0 Å². The Labute approximate surface area is 103 Å². The molecule has 17 heavy (non-hydrogen) atoms. The molecular formula is C12H12FN3S. The fraction of sp³-hybridized carbons (Fsp3) is 0.167. The number of nitrogens with one attached hydrogen (secondary N) is 1. The molecule has 0 aliphatic carbocycles. The average molecular weight is 249 g/mol. The van der Waals surface area contributed by atoms with Gasteiger partial charge in [-0.3, -0.25) is 5.43 Å². The molecule has 0 bridgehead atoms. The summed E-state index contributed by atoms with van der Waals surface area (Å²) in [4.78, 5) is 5.44. The van der Waals surface area contributed by atoms with Crippen LogP contribution in [-0.2, 0) is 0 Å². The van der Waals surface area contributed by atoms with E-state index in [2.05, 4.69) is 15.5 Å². The van der Waals surface area contributed by atoms with Crippen LogP contribution in [0.4, 0.5) is 9.52 Å². The van der Waals surface area contributed by atoms with Crippen LogP contribution in [0.25, 0.3) is 0 Å². The zero-order valence-corrected chi connectivity index (χ0v) is 10.4. The number of rotatable bonds is 3. The zero-order valence-electron chi connectivity index (χ0n) is 9.57. The number of anilines is 1. The van der Waals surface area contributed by atoms with E-state index in [1.807, 2.05) is 13.8 Å². The van der Waals surface area contributed by atoms with Crippen molar-refractivity contribution in [3.63, 3.8) is 0 Å². The van der Waals surface area contributed by atoms with Crippen molar-refractivity contribution in [3.8, 4) is 0 Å². The van der Waals surface area contributed by atoms with E-state index in [0.29, 0.717) is 5.56 Å². The highest BCUT2D eigenvalue weighted by Crippen LogP contribution is 2.20. The van der Waals surface area contributed by atoms with Crippen LogP contribution in [0.2, 0.25) is 0 Å². The highest BCUT2D eigenvalue weighted by molar-refractivity contribution is 7.15. The van der Waals surface area contributed by atoms with Crippen molar-refractivity contribution in [2.45, 2.75) is 13.8 Å². The molecule has 0 aliphatic heterocycles. The molecular weight excluding hydrogens is 237 g/mol. The van der Waals surface area contributed by atoms with Crippen LogP contribution in [0.15, 0.2) is 29.4 Å². The highest BCUT2D eigenvalue weighted by Gasteiger charge is 2.01. The fourth-order valence-electron chi connectivity index (χ4n) is 1.27. The Balaban J connectivity index is 2.02. The molecule has 0 fully saturated rings. The largest absolute Gasteiger partial charge is 0.253 e. The van der Waals surface area contributed by atoms with E-state index in [1.165, 1.54) is 12.1 Å². The monoisotopic (exact) mass is 249 g/mol. The lowest BCUT2D eigenvalue weighted by atomic mass is 10.2. The van der Waals surface area contributed by atoms with E-state index in [-0.39, 0.29) is 5.82 Å². The number of aryl methyl sites for hydroxylation is 2. The minimum Gasteiger partial charge on any atom is -0.253 e. The number of halogens is 1.